The third-order valence-corrected chi connectivity index (χ3v) is 2.87. The standard InChI is InChI=1S/C13H24N2O3/c1-5-6-7-11(10(3)16)15-13(18)9(2)8-12(17)14-4/h9,11H,5-8H2,1-4H3,(H,14,17)(H,15,18). The van der Waals surface area contributed by atoms with Crippen molar-refractivity contribution >= 4 is 17.6 Å². The SMILES string of the molecule is CCCCC(NC(=O)C(C)CC(=O)NC)C(C)=O. The lowest BCUT2D eigenvalue weighted by molar-refractivity contribution is -0.132. The number of Topliss-reactive ketones (excluding diaryl/α,β-unsaturated/α-hetero) is 1. The molecule has 0 aliphatic heterocycles. The minimum atomic E-state index is -0.426. The van der Waals surface area contributed by atoms with Gasteiger partial charge in [0.1, 0.15) is 0 Å². The van der Waals surface area contributed by atoms with Crippen molar-refractivity contribution in [3.05, 3.63) is 0 Å². The predicted molar refractivity (Wildman–Crippen MR) is 70.0 cm³/mol. The minimum Gasteiger partial charge on any atom is -0.359 e. The molecule has 0 spiro atoms. The number of ketones is 1. The summed E-state index contributed by atoms with van der Waals surface area (Å²) >= 11 is 0. The molecule has 0 saturated heterocycles. The second kappa shape index (κ2) is 8.66. The Kier molecular flexibility index (Phi) is 8.00. The molecule has 0 saturated carbocycles. The van der Waals surface area contributed by atoms with Gasteiger partial charge in [-0.2, -0.15) is 0 Å². The molecule has 0 heterocycles. The van der Waals surface area contributed by atoms with E-state index in [0.29, 0.717) is 6.42 Å². The molecule has 0 aliphatic carbocycles. The number of carbonyl (C=O) groups is 3. The summed E-state index contributed by atoms with van der Waals surface area (Å²) in [6.07, 6.45) is 2.67. The van der Waals surface area contributed by atoms with Crippen LogP contribution in [-0.2, 0) is 14.4 Å². The average molecular weight is 256 g/mol. The Hall–Kier alpha value is -1.39. The summed E-state index contributed by atoms with van der Waals surface area (Å²) < 4.78 is 0. The molecular formula is C13H24N2O3. The molecule has 0 rings (SSSR count). The molecule has 0 aromatic heterocycles. The van der Waals surface area contributed by atoms with Gasteiger partial charge in [-0.15, -0.1) is 0 Å². The van der Waals surface area contributed by atoms with Crippen molar-refractivity contribution in [3.63, 3.8) is 0 Å². The molecule has 2 unspecified atom stereocenters. The van der Waals surface area contributed by atoms with Crippen molar-refractivity contribution in [1.82, 2.24) is 10.6 Å². The van der Waals surface area contributed by atoms with Crippen LogP contribution in [0.4, 0.5) is 0 Å². The summed E-state index contributed by atoms with van der Waals surface area (Å²) in [5.41, 5.74) is 0. The van der Waals surface area contributed by atoms with E-state index in [1.54, 1.807) is 6.92 Å². The van der Waals surface area contributed by atoms with Crippen LogP contribution in [0, 0.1) is 5.92 Å². The maximum atomic E-state index is 11.8. The summed E-state index contributed by atoms with van der Waals surface area (Å²) in [6.45, 7) is 5.19. The van der Waals surface area contributed by atoms with Gasteiger partial charge >= 0.3 is 0 Å². The zero-order valence-electron chi connectivity index (χ0n) is 11.7. The summed E-state index contributed by atoms with van der Waals surface area (Å²) in [6, 6.07) is -0.426. The molecular weight excluding hydrogens is 232 g/mol. The van der Waals surface area contributed by atoms with Gasteiger partial charge in [0, 0.05) is 19.4 Å². The summed E-state index contributed by atoms with van der Waals surface area (Å²) in [7, 11) is 1.53. The molecule has 0 fully saturated rings. The molecule has 104 valence electrons. The topological polar surface area (TPSA) is 75.3 Å². The van der Waals surface area contributed by atoms with Crippen LogP contribution in [0.5, 0.6) is 0 Å². The number of amides is 2. The molecule has 0 aliphatic rings. The fourth-order valence-corrected chi connectivity index (χ4v) is 1.57. The van der Waals surface area contributed by atoms with E-state index < -0.39 is 12.0 Å². The molecule has 5 nitrogen and oxygen atoms in total. The van der Waals surface area contributed by atoms with Crippen LogP contribution in [-0.4, -0.2) is 30.7 Å². The van der Waals surface area contributed by atoms with E-state index >= 15 is 0 Å². The summed E-state index contributed by atoms with van der Waals surface area (Å²) in [4.78, 5) is 34.4. The van der Waals surface area contributed by atoms with E-state index in [2.05, 4.69) is 10.6 Å². The molecule has 0 aromatic rings. The quantitative estimate of drug-likeness (QED) is 0.681. The fraction of sp³-hybridized carbons (Fsp3) is 0.769. The van der Waals surface area contributed by atoms with Crippen LogP contribution >= 0.6 is 0 Å². The maximum absolute atomic E-state index is 11.8. The van der Waals surface area contributed by atoms with Crippen LogP contribution < -0.4 is 10.6 Å². The van der Waals surface area contributed by atoms with Gasteiger partial charge in [-0.1, -0.05) is 26.7 Å². The highest BCUT2D eigenvalue weighted by Crippen LogP contribution is 2.06. The van der Waals surface area contributed by atoms with Crippen LogP contribution in [0.2, 0.25) is 0 Å². The van der Waals surface area contributed by atoms with Crippen molar-refractivity contribution < 1.29 is 14.4 Å². The molecule has 5 heteroatoms. The van der Waals surface area contributed by atoms with Gasteiger partial charge in [-0.25, -0.2) is 0 Å². The maximum Gasteiger partial charge on any atom is 0.223 e. The van der Waals surface area contributed by atoms with Gasteiger partial charge in [-0.05, 0) is 13.3 Å². The molecule has 2 amide bonds. The first kappa shape index (κ1) is 16.6. The van der Waals surface area contributed by atoms with Crippen LogP contribution in [0.3, 0.4) is 0 Å². The number of nitrogens with one attached hydrogen (secondary N) is 2. The van der Waals surface area contributed by atoms with E-state index in [9.17, 15) is 14.4 Å². The first-order chi connectivity index (χ1) is 8.42. The van der Waals surface area contributed by atoms with E-state index in [1.807, 2.05) is 6.92 Å². The second-order valence-electron chi connectivity index (χ2n) is 4.59. The summed E-state index contributed by atoms with van der Waals surface area (Å²) in [5, 5.41) is 5.19. The smallest absolute Gasteiger partial charge is 0.223 e. The number of unbranched alkanes of at least 4 members (excludes halogenated alkanes) is 1. The highest BCUT2D eigenvalue weighted by molar-refractivity contribution is 5.90. The molecule has 0 bridgehead atoms. The Morgan fingerprint density at radius 1 is 1.22 bits per heavy atom. The molecule has 18 heavy (non-hydrogen) atoms. The monoisotopic (exact) mass is 256 g/mol. The third kappa shape index (κ3) is 6.37. The highest BCUT2D eigenvalue weighted by Gasteiger charge is 2.21. The number of hydrogen-bond donors (Lipinski definition) is 2. The lowest BCUT2D eigenvalue weighted by atomic mass is 10.0. The Labute approximate surface area is 109 Å². The highest BCUT2D eigenvalue weighted by atomic mass is 16.2. The third-order valence-electron chi connectivity index (χ3n) is 2.87. The largest absolute Gasteiger partial charge is 0.359 e. The predicted octanol–water partition coefficient (Wildman–Crippen LogP) is 1.02. The van der Waals surface area contributed by atoms with E-state index in [1.165, 1.54) is 14.0 Å². The van der Waals surface area contributed by atoms with Crippen molar-refractivity contribution in [1.29, 1.82) is 0 Å². The normalized spacial score (nSPS) is 13.6. The Morgan fingerprint density at radius 3 is 2.28 bits per heavy atom. The van der Waals surface area contributed by atoms with Crippen molar-refractivity contribution in [2.45, 2.75) is 52.5 Å². The molecule has 2 atom stereocenters. The first-order valence-corrected chi connectivity index (χ1v) is 6.43. The lowest BCUT2D eigenvalue weighted by Gasteiger charge is -2.18. The van der Waals surface area contributed by atoms with Crippen molar-refractivity contribution in [3.8, 4) is 0 Å². The lowest BCUT2D eigenvalue weighted by Crippen LogP contribution is -2.43. The minimum absolute atomic E-state index is 0.0380. The van der Waals surface area contributed by atoms with Crippen molar-refractivity contribution in [2.75, 3.05) is 7.05 Å². The Bertz CT molecular complexity index is 303. The van der Waals surface area contributed by atoms with Crippen LogP contribution in [0.15, 0.2) is 0 Å². The van der Waals surface area contributed by atoms with Crippen molar-refractivity contribution in [2.24, 2.45) is 5.92 Å². The Morgan fingerprint density at radius 2 is 1.83 bits per heavy atom. The van der Waals surface area contributed by atoms with Crippen LogP contribution in [0.1, 0.15) is 46.5 Å². The Balaban J connectivity index is 4.31. The number of hydrogen-bond acceptors (Lipinski definition) is 3. The second-order valence-corrected chi connectivity index (χ2v) is 4.59. The zero-order valence-corrected chi connectivity index (χ0v) is 11.7. The first-order valence-electron chi connectivity index (χ1n) is 6.43. The van der Waals surface area contributed by atoms with E-state index in [4.69, 9.17) is 0 Å². The number of rotatable bonds is 8. The van der Waals surface area contributed by atoms with E-state index in [-0.39, 0.29) is 24.0 Å². The number of carbonyl (C=O) groups excluding carboxylic acids is 3. The van der Waals surface area contributed by atoms with E-state index in [0.717, 1.165) is 12.8 Å². The summed E-state index contributed by atoms with van der Waals surface area (Å²) in [5.74, 6) is -0.877. The fourth-order valence-electron chi connectivity index (χ4n) is 1.57. The van der Waals surface area contributed by atoms with Gasteiger partial charge in [0.05, 0.1) is 6.04 Å². The molecule has 0 aromatic carbocycles. The zero-order chi connectivity index (χ0) is 14.1. The molecule has 0 radical (unpaired) electrons. The molecule has 2 N–H and O–H groups in total. The van der Waals surface area contributed by atoms with Crippen LogP contribution in [0.25, 0.3) is 0 Å². The van der Waals surface area contributed by atoms with Gasteiger partial charge in [0.25, 0.3) is 0 Å². The van der Waals surface area contributed by atoms with Gasteiger partial charge < -0.3 is 10.6 Å². The van der Waals surface area contributed by atoms with Gasteiger partial charge in [0.15, 0.2) is 5.78 Å². The van der Waals surface area contributed by atoms with Gasteiger partial charge in [0.2, 0.25) is 11.8 Å². The average Bonchev–Trinajstić information content (AvgIpc) is 2.33. The van der Waals surface area contributed by atoms with Gasteiger partial charge in [-0.3, -0.25) is 14.4 Å².